The van der Waals surface area contributed by atoms with Crippen molar-refractivity contribution in [3.8, 4) is 5.69 Å². The molecule has 0 N–H and O–H groups in total. The molecular formula is C18H23N3O. The molecule has 2 aromatic rings. The van der Waals surface area contributed by atoms with E-state index >= 15 is 0 Å². The number of para-hydroxylation sites is 1. The highest BCUT2D eigenvalue weighted by Gasteiger charge is 2.27. The summed E-state index contributed by atoms with van der Waals surface area (Å²) in [5, 5.41) is 4.70. The van der Waals surface area contributed by atoms with E-state index in [4.69, 9.17) is 5.10 Å². The van der Waals surface area contributed by atoms with E-state index in [1.165, 1.54) is 12.1 Å². The number of nitrogens with zero attached hydrogens (tertiary/aromatic N) is 3. The molecule has 0 spiro atoms. The van der Waals surface area contributed by atoms with Gasteiger partial charge in [0.1, 0.15) is 0 Å². The molecule has 4 heteroatoms. The molecule has 116 valence electrons. The largest absolute Gasteiger partial charge is 0.338 e. The Labute approximate surface area is 131 Å². The van der Waals surface area contributed by atoms with Gasteiger partial charge in [0.25, 0.3) is 5.91 Å². The molecule has 1 amide bonds. The minimum atomic E-state index is 0.0674. The van der Waals surface area contributed by atoms with Gasteiger partial charge in [0, 0.05) is 24.3 Å². The van der Waals surface area contributed by atoms with Crippen molar-refractivity contribution in [1.82, 2.24) is 14.7 Å². The van der Waals surface area contributed by atoms with Crippen molar-refractivity contribution < 1.29 is 4.79 Å². The van der Waals surface area contributed by atoms with Gasteiger partial charge in [-0.05, 0) is 51.7 Å². The van der Waals surface area contributed by atoms with Crippen molar-refractivity contribution in [3.63, 3.8) is 0 Å². The molecule has 0 radical (unpaired) electrons. The van der Waals surface area contributed by atoms with Crippen LogP contribution < -0.4 is 0 Å². The molecule has 0 atom stereocenters. The summed E-state index contributed by atoms with van der Waals surface area (Å²) in [7, 11) is 0. The summed E-state index contributed by atoms with van der Waals surface area (Å²) in [6.07, 6.45) is 4.28. The second kappa shape index (κ2) is 6.34. The second-order valence-corrected chi connectivity index (χ2v) is 5.71. The zero-order valence-corrected chi connectivity index (χ0v) is 13.4. The lowest BCUT2D eigenvalue weighted by atomic mass is 9.95. The van der Waals surface area contributed by atoms with Crippen molar-refractivity contribution in [1.29, 1.82) is 0 Å². The lowest BCUT2D eigenvalue weighted by Crippen LogP contribution is -2.31. The predicted molar refractivity (Wildman–Crippen MR) is 87.5 cm³/mol. The molecule has 1 aliphatic rings. The quantitative estimate of drug-likeness (QED) is 0.869. The number of rotatable bonds is 4. The summed E-state index contributed by atoms with van der Waals surface area (Å²) in [5.74, 6) is 0.0674. The van der Waals surface area contributed by atoms with E-state index in [2.05, 4.69) is 0 Å². The van der Waals surface area contributed by atoms with Crippen LogP contribution in [-0.4, -0.2) is 33.7 Å². The smallest absolute Gasteiger partial charge is 0.274 e. The number of amides is 1. The van der Waals surface area contributed by atoms with Gasteiger partial charge in [-0.15, -0.1) is 0 Å². The second-order valence-electron chi connectivity index (χ2n) is 5.71. The van der Waals surface area contributed by atoms with Gasteiger partial charge >= 0.3 is 0 Å². The molecule has 22 heavy (non-hydrogen) atoms. The molecule has 3 rings (SSSR count). The molecule has 0 saturated carbocycles. The molecule has 1 aliphatic carbocycles. The zero-order chi connectivity index (χ0) is 15.5. The van der Waals surface area contributed by atoms with Crippen LogP contribution in [0.5, 0.6) is 0 Å². The summed E-state index contributed by atoms with van der Waals surface area (Å²) >= 11 is 0. The Balaban J connectivity index is 2.08. The minimum absolute atomic E-state index is 0.0674. The molecule has 0 fully saturated rings. The lowest BCUT2D eigenvalue weighted by Gasteiger charge is -2.18. The zero-order valence-electron chi connectivity index (χ0n) is 13.4. The highest BCUT2D eigenvalue weighted by molar-refractivity contribution is 5.94. The molecule has 1 heterocycles. The van der Waals surface area contributed by atoms with Gasteiger partial charge in [0.2, 0.25) is 0 Å². The van der Waals surface area contributed by atoms with Crippen LogP contribution in [0.3, 0.4) is 0 Å². The highest BCUT2D eigenvalue weighted by atomic mass is 16.2. The Morgan fingerprint density at radius 3 is 2.50 bits per heavy atom. The Bertz CT molecular complexity index is 656. The van der Waals surface area contributed by atoms with Gasteiger partial charge in [0.05, 0.1) is 5.69 Å². The fourth-order valence-electron chi connectivity index (χ4n) is 3.21. The fraction of sp³-hybridized carbons (Fsp3) is 0.444. The first-order valence-electron chi connectivity index (χ1n) is 8.21. The molecule has 1 aromatic carbocycles. The number of carbonyl (C=O) groups excluding carboxylic acids is 1. The van der Waals surface area contributed by atoms with Crippen LogP contribution in [0.4, 0.5) is 0 Å². The maximum absolute atomic E-state index is 12.8. The van der Waals surface area contributed by atoms with E-state index in [1.54, 1.807) is 0 Å². The van der Waals surface area contributed by atoms with Crippen LogP contribution in [0.15, 0.2) is 30.3 Å². The monoisotopic (exact) mass is 297 g/mol. The molecule has 0 unspecified atom stereocenters. The number of hydrogen-bond donors (Lipinski definition) is 0. The van der Waals surface area contributed by atoms with E-state index in [0.717, 1.165) is 43.6 Å². The SMILES string of the molecule is CCN(CC)C(=O)c1nn(-c2ccccc2)c2c1CCCC2. The Morgan fingerprint density at radius 1 is 1.14 bits per heavy atom. The van der Waals surface area contributed by atoms with Crippen LogP contribution in [-0.2, 0) is 12.8 Å². The Hall–Kier alpha value is -2.10. The van der Waals surface area contributed by atoms with Crippen molar-refractivity contribution >= 4 is 5.91 Å². The number of hydrogen-bond acceptors (Lipinski definition) is 2. The number of fused-ring (bicyclic) bond motifs is 1. The van der Waals surface area contributed by atoms with Crippen LogP contribution in [0.25, 0.3) is 5.69 Å². The summed E-state index contributed by atoms with van der Waals surface area (Å²) in [6, 6.07) is 10.1. The van der Waals surface area contributed by atoms with E-state index < -0.39 is 0 Å². The maximum Gasteiger partial charge on any atom is 0.274 e. The number of benzene rings is 1. The molecular weight excluding hydrogens is 274 g/mol. The standard InChI is InChI=1S/C18H23N3O/c1-3-20(4-2)18(22)17-15-12-8-9-13-16(15)21(19-17)14-10-6-5-7-11-14/h5-7,10-11H,3-4,8-9,12-13H2,1-2H3. The van der Waals surface area contributed by atoms with Crippen LogP contribution in [0, 0.1) is 0 Å². The van der Waals surface area contributed by atoms with Crippen LogP contribution >= 0.6 is 0 Å². The van der Waals surface area contributed by atoms with Gasteiger partial charge in [-0.2, -0.15) is 5.10 Å². The summed E-state index contributed by atoms with van der Waals surface area (Å²) < 4.78 is 1.98. The molecule has 4 nitrogen and oxygen atoms in total. The average molecular weight is 297 g/mol. The van der Waals surface area contributed by atoms with Gasteiger partial charge in [-0.1, -0.05) is 18.2 Å². The summed E-state index contributed by atoms with van der Waals surface area (Å²) in [5.41, 5.74) is 4.07. The third-order valence-electron chi connectivity index (χ3n) is 4.43. The lowest BCUT2D eigenvalue weighted by molar-refractivity contribution is 0.0765. The predicted octanol–water partition coefficient (Wildman–Crippen LogP) is 3.23. The van der Waals surface area contributed by atoms with Crippen molar-refractivity contribution in [2.24, 2.45) is 0 Å². The normalized spacial score (nSPS) is 13.7. The summed E-state index contributed by atoms with van der Waals surface area (Å²) in [6.45, 7) is 5.48. The number of aromatic nitrogens is 2. The first-order chi connectivity index (χ1) is 10.8. The van der Waals surface area contributed by atoms with Crippen LogP contribution in [0.1, 0.15) is 48.4 Å². The van der Waals surface area contributed by atoms with Crippen molar-refractivity contribution in [2.45, 2.75) is 39.5 Å². The van der Waals surface area contributed by atoms with Crippen molar-refractivity contribution in [3.05, 3.63) is 47.3 Å². The topological polar surface area (TPSA) is 38.1 Å². The first-order valence-corrected chi connectivity index (χ1v) is 8.21. The van der Waals surface area contributed by atoms with Gasteiger partial charge in [0.15, 0.2) is 5.69 Å². The third-order valence-corrected chi connectivity index (χ3v) is 4.43. The molecule has 0 saturated heterocycles. The van der Waals surface area contributed by atoms with E-state index in [-0.39, 0.29) is 5.91 Å². The van der Waals surface area contributed by atoms with Gasteiger partial charge in [-0.25, -0.2) is 4.68 Å². The Morgan fingerprint density at radius 2 is 1.82 bits per heavy atom. The van der Waals surface area contributed by atoms with E-state index in [9.17, 15) is 4.79 Å². The minimum Gasteiger partial charge on any atom is -0.338 e. The Kier molecular flexibility index (Phi) is 4.27. The van der Waals surface area contributed by atoms with Gasteiger partial charge in [-0.3, -0.25) is 4.79 Å². The first kappa shape index (κ1) is 14.8. The summed E-state index contributed by atoms with van der Waals surface area (Å²) in [4.78, 5) is 14.6. The third kappa shape index (κ3) is 2.54. The number of carbonyl (C=O) groups is 1. The van der Waals surface area contributed by atoms with E-state index in [1.807, 2.05) is 53.8 Å². The highest BCUT2D eigenvalue weighted by Crippen LogP contribution is 2.27. The maximum atomic E-state index is 12.8. The van der Waals surface area contributed by atoms with E-state index in [0.29, 0.717) is 5.69 Å². The average Bonchev–Trinajstić information content (AvgIpc) is 2.96. The van der Waals surface area contributed by atoms with Crippen molar-refractivity contribution in [2.75, 3.05) is 13.1 Å². The van der Waals surface area contributed by atoms with Crippen LogP contribution in [0.2, 0.25) is 0 Å². The fourth-order valence-corrected chi connectivity index (χ4v) is 3.21. The van der Waals surface area contributed by atoms with Gasteiger partial charge < -0.3 is 4.90 Å². The molecule has 0 bridgehead atoms. The molecule has 0 aliphatic heterocycles. The molecule has 1 aromatic heterocycles.